The summed E-state index contributed by atoms with van der Waals surface area (Å²) >= 11 is 0. The van der Waals surface area contributed by atoms with Gasteiger partial charge in [0.1, 0.15) is 17.6 Å². The van der Waals surface area contributed by atoms with Crippen LogP contribution in [0, 0.1) is 24.2 Å². The van der Waals surface area contributed by atoms with Gasteiger partial charge in [0.05, 0.1) is 6.61 Å². The lowest BCUT2D eigenvalue weighted by atomic mass is 10.1. The van der Waals surface area contributed by atoms with Crippen LogP contribution in [-0.4, -0.2) is 16.8 Å². The summed E-state index contributed by atoms with van der Waals surface area (Å²) in [6.07, 6.45) is 2.56. The summed E-state index contributed by atoms with van der Waals surface area (Å²) in [5.74, 6) is 2.31. The Morgan fingerprint density at radius 2 is 2.14 bits per heavy atom. The Morgan fingerprint density at radius 3 is 2.82 bits per heavy atom. The minimum absolute atomic E-state index is 0.314. The van der Waals surface area contributed by atoms with Gasteiger partial charge >= 0.3 is 0 Å². The van der Waals surface area contributed by atoms with Crippen LogP contribution >= 0.6 is 0 Å². The normalized spacial score (nSPS) is 13.5. The molecular formula is C17H18N4O. The number of aromatic nitrogens is 2. The minimum atomic E-state index is 0.314. The lowest BCUT2D eigenvalue weighted by Gasteiger charge is -2.13. The summed E-state index contributed by atoms with van der Waals surface area (Å²) in [6, 6.07) is 11.6. The Labute approximate surface area is 130 Å². The third-order valence-electron chi connectivity index (χ3n) is 3.63. The summed E-state index contributed by atoms with van der Waals surface area (Å²) in [5.41, 5.74) is 2.60. The molecule has 0 amide bonds. The molecular weight excluding hydrogens is 276 g/mol. The largest absolute Gasteiger partial charge is 0.493 e. The van der Waals surface area contributed by atoms with E-state index in [4.69, 9.17) is 10.00 Å². The van der Waals surface area contributed by atoms with Crippen LogP contribution in [-0.2, 0) is 6.54 Å². The fourth-order valence-corrected chi connectivity index (χ4v) is 2.11. The first-order chi connectivity index (χ1) is 10.7. The lowest BCUT2D eigenvalue weighted by molar-refractivity contribution is 0.297. The molecule has 0 spiro atoms. The van der Waals surface area contributed by atoms with Gasteiger partial charge in [-0.25, -0.2) is 0 Å². The molecule has 2 aromatic rings. The quantitative estimate of drug-likeness (QED) is 0.886. The van der Waals surface area contributed by atoms with Crippen molar-refractivity contribution in [1.29, 1.82) is 5.26 Å². The lowest BCUT2D eigenvalue weighted by Crippen LogP contribution is -2.07. The predicted octanol–water partition coefficient (Wildman–Crippen LogP) is 3.06. The van der Waals surface area contributed by atoms with Gasteiger partial charge in [0.25, 0.3) is 0 Å². The van der Waals surface area contributed by atoms with Crippen molar-refractivity contribution in [1.82, 2.24) is 10.2 Å². The number of benzene rings is 1. The first-order valence-corrected chi connectivity index (χ1v) is 7.44. The van der Waals surface area contributed by atoms with Gasteiger partial charge in [-0.05, 0) is 49.4 Å². The summed E-state index contributed by atoms with van der Waals surface area (Å²) in [6.45, 7) is 3.47. The highest BCUT2D eigenvalue weighted by molar-refractivity contribution is 5.42. The average molecular weight is 294 g/mol. The molecule has 0 atom stereocenters. The topological polar surface area (TPSA) is 70.8 Å². The van der Waals surface area contributed by atoms with Crippen molar-refractivity contribution in [3.8, 4) is 11.8 Å². The fraction of sp³-hybridized carbons (Fsp3) is 0.353. The van der Waals surface area contributed by atoms with Crippen LogP contribution in [0.15, 0.2) is 30.3 Å². The number of anilines is 1. The van der Waals surface area contributed by atoms with E-state index in [1.165, 1.54) is 18.4 Å². The molecule has 0 radical (unpaired) electrons. The van der Waals surface area contributed by atoms with Crippen LogP contribution in [0.5, 0.6) is 5.75 Å². The third kappa shape index (κ3) is 3.73. The number of nitrogens with zero attached hydrogens (tertiary/aromatic N) is 3. The maximum Gasteiger partial charge on any atom is 0.163 e. The molecule has 1 N–H and O–H groups in total. The Balaban J connectivity index is 1.66. The zero-order valence-electron chi connectivity index (χ0n) is 12.5. The highest BCUT2D eigenvalue weighted by Crippen LogP contribution is 2.30. The highest BCUT2D eigenvalue weighted by atomic mass is 16.5. The molecule has 0 unspecified atom stereocenters. The molecule has 5 nitrogen and oxygen atoms in total. The standard InChI is InChI=1S/C17H18N4O/c1-12-2-5-14(16(8-12)22-11-13-3-4-13)10-19-17-7-6-15(9-18)20-21-17/h2,5-8,13H,3-4,10-11H2,1H3,(H,19,21). The van der Waals surface area contributed by atoms with E-state index < -0.39 is 0 Å². The molecule has 1 aliphatic carbocycles. The first-order valence-electron chi connectivity index (χ1n) is 7.44. The maximum atomic E-state index is 8.72. The van der Waals surface area contributed by atoms with E-state index in [2.05, 4.69) is 40.6 Å². The van der Waals surface area contributed by atoms with Crippen LogP contribution in [0.4, 0.5) is 5.82 Å². The van der Waals surface area contributed by atoms with Crippen LogP contribution in [0.25, 0.3) is 0 Å². The summed E-state index contributed by atoms with van der Waals surface area (Å²) in [7, 11) is 0. The molecule has 1 fully saturated rings. The zero-order chi connectivity index (χ0) is 15.4. The van der Waals surface area contributed by atoms with Gasteiger partial charge in [-0.15, -0.1) is 10.2 Å². The Morgan fingerprint density at radius 1 is 1.27 bits per heavy atom. The van der Waals surface area contributed by atoms with E-state index in [0.717, 1.165) is 23.8 Å². The van der Waals surface area contributed by atoms with Crippen molar-refractivity contribution < 1.29 is 4.74 Å². The van der Waals surface area contributed by atoms with Crippen molar-refractivity contribution >= 4 is 5.82 Å². The second kappa shape index (κ2) is 6.44. The number of ether oxygens (including phenoxy) is 1. The number of aryl methyl sites for hydroxylation is 1. The molecule has 0 saturated heterocycles. The zero-order valence-corrected chi connectivity index (χ0v) is 12.5. The van der Waals surface area contributed by atoms with Crippen LogP contribution in [0.1, 0.15) is 29.7 Å². The van der Waals surface area contributed by atoms with Gasteiger partial charge in [0, 0.05) is 12.1 Å². The number of hydrogen-bond donors (Lipinski definition) is 1. The molecule has 0 bridgehead atoms. The van der Waals surface area contributed by atoms with E-state index in [1.54, 1.807) is 12.1 Å². The van der Waals surface area contributed by atoms with E-state index in [-0.39, 0.29) is 0 Å². The molecule has 5 heteroatoms. The SMILES string of the molecule is Cc1ccc(CNc2ccc(C#N)nn2)c(OCC2CC2)c1. The Bertz CT molecular complexity index is 687. The monoisotopic (exact) mass is 294 g/mol. The van der Waals surface area contributed by atoms with Gasteiger partial charge in [-0.2, -0.15) is 5.26 Å². The molecule has 112 valence electrons. The van der Waals surface area contributed by atoms with E-state index in [0.29, 0.717) is 18.1 Å². The second-order valence-corrected chi connectivity index (χ2v) is 5.63. The summed E-state index contributed by atoms with van der Waals surface area (Å²) in [5, 5.41) is 19.7. The predicted molar refractivity (Wildman–Crippen MR) is 83.5 cm³/mol. The smallest absolute Gasteiger partial charge is 0.163 e. The molecule has 0 aliphatic heterocycles. The molecule has 22 heavy (non-hydrogen) atoms. The van der Waals surface area contributed by atoms with Crippen LogP contribution < -0.4 is 10.1 Å². The van der Waals surface area contributed by atoms with E-state index in [1.807, 2.05) is 6.07 Å². The molecule has 1 aliphatic rings. The molecule has 1 aromatic carbocycles. The van der Waals surface area contributed by atoms with Gasteiger partial charge < -0.3 is 10.1 Å². The average Bonchev–Trinajstić information content (AvgIpc) is 3.37. The molecule has 1 saturated carbocycles. The van der Waals surface area contributed by atoms with Gasteiger partial charge in [0.15, 0.2) is 5.69 Å². The van der Waals surface area contributed by atoms with Crippen molar-refractivity contribution in [2.24, 2.45) is 5.92 Å². The van der Waals surface area contributed by atoms with Crippen LogP contribution in [0.3, 0.4) is 0 Å². The van der Waals surface area contributed by atoms with Crippen molar-refractivity contribution in [2.75, 3.05) is 11.9 Å². The number of hydrogen-bond acceptors (Lipinski definition) is 5. The number of rotatable bonds is 6. The van der Waals surface area contributed by atoms with Crippen molar-refractivity contribution in [3.63, 3.8) is 0 Å². The van der Waals surface area contributed by atoms with E-state index in [9.17, 15) is 0 Å². The Kier molecular flexibility index (Phi) is 4.19. The first kappa shape index (κ1) is 14.3. The number of nitriles is 1. The molecule has 1 aromatic heterocycles. The number of nitrogens with one attached hydrogen (secondary N) is 1. The van der Waals surface area contributed by atoms with Gasteiger partial charge in [-0.1, -0.05) is 12.1 Å². The second-order valence-electron chi connectivity index (χ2n) is 5.63. The minimum Gasteiger partial charge on any atom is -0.493 e. The van der Waals surface area contributed by atoms with Crippen molar-refractivity contribution in [3.05, 3.63) is 47.2 Å². The van der Waals surface area contributed by atoms with Crippen molar-refractivity contribution in [2.45, 2.75) is 26.3 Å². The fourth-order valence-electron chi connectivity index (χ4n) is 2.11. The van der Waals surface area contributed by atoms with E-state index >= 15 is 0 Å². The van der Waals surface area contributed by atoms with Crippen LogP contribution in [0.2, 0.25) is 0 Å². The summed E-state index contributed by atoms with van der Waals surface area (Å²) < 4.78 is 5.95. The Hall–Kier alpha value is -2.61. The summed E-state index contributed by atoms with van der Waals surface area (Å²) in [4.78, 5) is 0. The maximum absolute atomic E-state index is 8.72. The van der Waals surface area contributed by atoms with Gasteiger partial charge in [0.2, 0.25) is 0 Å². The molecule has 1 heterocycles. The third-order valence-corrected chi connectivity index (χ3v) is 3.63. The molecule has 3 rings (SSSR count). The van der Waals surface area contributed by atoms with Gasteiger partial charge in [-0.3, -0.25) is 0 Å². The highest BCUT2D eigenvalue weighted by Gasteiger charge is 2.22.